The summed E-state index contributed by atoms with van der Waals surface area (Å²) in [5.41, 5.74) is 0.652. The third-order valence-corrected chi connectivity index (χ3v) is 4.02. The summed E-state index contributed by atoms with van der Waals surface area (Å²) in [7, 11) is 0. The van der Waals surface area contributed by atoms with Crippen LogP contribution in [0.1, 0.15) is 48.8 Å². The molecule has 6 nitrogen and oxygen atoms in total. The molecule has 1 aliphatic heterocycles. The van der Waals surface area contributed by atoms with Gasteiger partial charge >= 0.3 is 6.18 Å². The van der Waals surface area contributed by atoms with Gasteiger partial charge in [0, 0.05) is 30.6 Å². The highest BCUT2D eigenvalue weighted by atomic mass is 19.4. The van der Waals surface area contributed by atoms with E-state index >= 15 is 0 Å². The molecule has 2 rings (SSSR count). The van der Waals surface area contributed by atoms with Crippen LogP contribution in [0.15, 0.2) is 6.07 Å². The van der Waals surface area contributed by atoms with E-state index in [2.05, 4.69) is 10.2 Å². The number of alkyl halides is 3. The van der Waals surface area contributed by atoms with Crippen molar-refractivity contribution in [3.05, 3.63) is 17.5 Å². The molecule has 0 unspecified atom stereocenters. The molecule has 1 aliphatic rings. The molecule has 0 saturated carbocycles. The smallest absolute Gasteiger partial charge is 0.342 e. The average molecular weight is 346 g/mol. The second kappa shape index (κ2) is 7.23. The van der Waals surface area contributed by atoms with Gasteiger partial charge in [-0.15, -0.1) is 0 Å². The van der Waals surface area contributed by atoms with Crippen molar-refractivity contribution >= 4 is 11.8 Å². The lowest BCUT2D eigenvalue weighted by Crippen LogP contribution is -2.40. The summed E-state index contributed by atoms with van der Waals surface area (Å²) < 4.78 is 36.3. The van der Waals surface area contributed by atoms with Gasteiger partial charge in [0.05, 0.1) is 0 Å². The maximum absolute atomic E-state index is 12.1. The predicted octanol–water partition coefficient (Wildman–Crippen LogP) is 2.06. The number of rotatable bonds is 4. The molecule has 2 N–H and O–H groups in total. The van der Waals surface area contributed by atoms with Gasteiger partial charge in [-0.2, -0.15) is 18.3 Å². The van der Waals surface area contributed by atoms with Crippen molar-refractivity contribution in [3.63, 3.8) is 0 Å². The standard InChI is InChI=1S/C15H21F3N4O2/c1-9(2)14(24)22-5-3-10(4-6-22)11-7-12(21-20-11)13(23)19-8-15(16,17)18/h7,9-10H,3-6,8H2,1-2H3,(H,19,23)(H,20,21). The molecule has 0 bridgehead atoms. The van der Waals surface area contributed by atoms with E-state index in [1.54, 1.807) is 5.32 Å². The second-order valence-electron chi connectivity index (χ2n) is 6.26. The summed E-state index contributed by atoms with van der Waals surface area (Å²) in [4.78, 5) is 25.4. The molecule has 2 amide bonds. The number of nitrogens with one attached hydrogen (secondary N) is 2. The van der Waals surface area contributed by atoms with Crippen LogP contribution >= 0.6 is 0 Å². The Balaban J connectivity index is 1.90. The molecule has 24 heavy (non-hydrogen) atoms. The Morgan fingerprint density at radius 1 is 1.38 bits per heavy atom. The summed E-state index contributed by atoms with van der Waals surface area (Å²) in [6, 6.07) is 1.48. The monoisotopic (exact) mass is 346 g/mol. The molecule has 134 valence electrons. The SMILES string of the molecule is CC(C)C(=O)N1CCC(c2cc(C(=O)NCC(F)(F)F)n[nH]2)CC1. The van der Waals surface area contributed by atoms with Gasteiger partial charge in [-0.3, -0.25) is 14.7 Å². The normalized spacial score (nSPS) is 16.5. The Bertz CT molecular complexity index is 590. The fourth-order valence-corrected chi connectivity index (χ4v) is 2.71. The lowest BCUT2D eigenvalue weighted by Gasteiger charge is -2.32. The van der Waals surface area contributed by atoms with Crippen molar-refractivity contribution in [1.29, 1.82) is 0 Å². The maximum atomic E-state index is 12.1. The first-order valence-electron chi connectivity index (χ1n) is 7.86. The van der Waals surface area contributed by atoms with Gasteiger partial charge in [0.1, 0.15) is 12.2 Å². The summed E-state index contributed by atoms with van der Waals surface area (Å²) >= 11 is 0. The Kier molecular flexibility index (Phi) is 5.51. The van der Waals surface area contributed by atoms with E-state index < -0.39 is 18.6 Å². The van der Waals surface area contributed by atoms with Crippen LogP contribution in [-0.2, 0) is 4.79 Å². The highest BCUT2D eigenvalue weighted by Crippen LogP contribution is 2.27. The van der Waals surface area contributed by atoms with Crippen LogP contribution < -0.4 is 5.32 Å². The molecule has 0 atom stereocenters. The first-order chi connectivity index (χ1) is 11.2. The second-order valence-corrected chi connectivity index (χ2v) is 6.26. The number of halogens is 3. The van der Waals surface area contributed by atoms with E-state index in [1.807, 2.05) is 18.7 Å². The third kappa shape index (κ3) is 4.72. The van der Waals surface area contributed by atoms with E-state index in [4.69, 9.17) is 0 Å². The zero-order chi connectivity index (χ0) is 17.9. The van der Waals surface area contributed by atoms with Gasteiger partial charge in [0.15, 0.2) is 0 Å². The number of hydrogen-bond donors (Lipinski definition) is 2. The van der Waals surface area contributed by atoms with E-state index in [-0.39, 0.29) is 23.4 Å². The molecule has 1 aromatic heterocycles. The van der Waals surface area contributed by atoms with Crippen LogP contribution in [0.25, 0.3) is 0 Å². The number of carbonyl (C=O) groups is 2. The van der Waals surface area contributed by atoms with Crippen molar-refractivity contribution in [2.24, 2.45) is 5.92 Å². The number of carbonyl (C=O) groups excluding carboxylic acids is 2. The summed E-state index contributed by atoms with van der Waals surface area (Å²) in [6.07, 6.45) is -3.00. The highest BCUT2D eigenvalue weighted by molar-refractivity contribution is 5.92. The number of nitrogens with zero attached hydrogens (tertiary/aromatic N) is 2. The zero-order valence-electron chi connectivity index (χ0n) is 13.6. The molecule has 1 fully saturated rings. The minimum absolute atomic E-state index is 0.0439. The lowest BCUT2D eigenvalue weighted by atomic mass is 9.93. The number of amides is 2. The van der Waals surface area contributed by atoms with Crippen LogP contribution in [0, 0.1) is 5.92 Å². The average Bonchev–Trinajstić information content (AvgIpc) is 3.01. The molecule has 9 heteroatoms. The largest absolute Gasteiger partial charge is 0.405 e. The van der Waals surface area contributed by atoms with Crippen LogP contribution in [0.2, 0.25) is 0 Å². The van der Waals surface area contributed by atoms with E-state index in [1.165, 1.54) is 6.07 Å². The maximum Gasteiger partial charge on any atom is 0.405 e. The number of aromatic nitrogens is 2. The quantitative estimate of drug-likeness (QED) is 0.876. The number of hydrogen-bond acceptors (Lipinski definition) is 3. The highest BCUT2D eigenvalue weighted by Gasteiger charge is 2.29. The van der Waals surface area contributed by atoms with Gasteiger partial charge < -0.3 is 10.2 Å². The van der Waals surface area contributed by atoms with Crippen LogP contribution in [-0.4, -0.2) is 52.7 Å². The molecule has 1 saturated heterocycles. The summed E-state index contributed by atoms with van der Waals surface area (Å²) in [6.45, 7) is 3.57. The van der Waals surface area contributed by atoms with E-state index in [0.717, 1.165) is 12.8 Å². The molecule has 1 aromatic rings. The minimum atomic E-state index is -4.45. The Morgan fingerprint density at radius 2 is 2.00 bits per heavy atom. The molecule has 0 spiro atoms. The van der Waals surface area contributed by atoms with Crippen molar-refractivity contribution in [1.82, 2.24) is 20.4 Å². The lowest BCUT2D eigenvalue weighted by molar-refractivity contribution is -0.135. The van der Waals surface area contributed by atoms with Crippen molar-refractivity contribution < 1.29 is 22.8 Å². The number of likely N-dealkylation sites (tertiary alicyclic amines) is 1. The van der Waals surface area contributed by atoms with Gasteiger partial charge in [0.25, 0.3) is 5.91 Å². The fourth-order valence-electron chi connectivity index (χ4n) is 2.71. The van der Waals surface area contributed by atoms with Crippen LogP contribution in [0.3, 0.4) is 0 Å². The first kappa shape index (κ1) is 18.3. The first-order valence-corrected chi connectivity index (χ1v) is 7.86. The molecular formula is C15H21F3N4O2. The number of aromatic amines is 1. The predicted molar refractivity (Wildman–Crippen MR) is 80.4 cm³/mol. The zero-order valence-corrected chi connectivity index (χ0v) is 13.6. The number of piperidine rings is 1. The molecule has 2 heterocycles. The van der Waals surface area contributed by atoms with Crippen molar-refractivity contribution in [2.75, 3.05) is 19.6 Å². The Hall–Kier alpha value is -2.06. The van der Waals surface area contributed by atoms with Gasteiger partial charge in [-0.05, 0) is 18.9 Å². The van der Waals surface area contributed by atoms with Gasteiger partial charge in [-0.1, -0.05) is 13.8 Å². The molecule has 0 radical (unpaired) electrons. The van der Waals surface area contributed by atoms with Crippen LogP contribution in [0.4, 0.5) is 13.2 Å². The molecule has 0 aliphatic carbocycles. The van der Waals surface area contributed by atoms with Crippen molar-refractivity contribution in [3.8, 4) is 0 Å². The third-order valence-electron chi connectivity index (χ3n) is 4.02. The molecular weight excluding hydrogens is 325 g/mol. The Labute approximate surface area is 137 Å². The van der Waals surface area contributed by atoms with Crippen LogP contribution in [0.5, 0.6) is 0 Å². The van der Waals surface area contributed by atoms with E-state index in [0.29, 0.717) is 18.8 Å². The number of H-pyrrole nitrogens is 1. The van der Waals surface area contributed by atoms with Gasteiger partial charge in [-0.25, -0.2) is 0 Å². The molecule has 0 aromatic carbocycles. The van der Waals surface area contributed by atoms with Gasteiger partial charge in [0.2, 0.25) is 5.91 Å². The minimum Gasteiger partial charge on any atom is -0.342 e. The Morgan fingerprint density at radius 3 is 2.54 bits per heavy atom. The van der Waals surface area contributed by atoms with E-state index in [9.17, 15) is 22.8 Å². The summed E-state index contributed by atoms with van der Waals surface area (Å²) in [5.74, 6) is -0.678. The topological polar surface area (TPSA) is 78.1 Å². The van der Waals surface area contributed by atoms with Crippen molar-refractivity contribution in [2.45, 2.75) is 38.8 Å². The fraction of sp³-hybridized carbons (Fsp3) is 0.667. The summed E-state index contributed by atoms with van der Waals surface area (Å²) in [5, 5.41) is 8.30.